The average molecular weight is 343 g/mol. The topological polar surface area (TPSA) is 101 Å². The molecule has 0 aliphatic rings. The molecule has 8 heteroatoms. The van der Waals surface area contributed by atoms with Crippen molar-refractivity contribution in [3.63, 3.8) is 0 Å². The number of hydrogen-bond acceptors (Lipinski definition) is 4. The first-order valence-corrected chi connectivity index (χ1v) is 6.22. The molecular formula is C12H11BrN2O5. The first kappa shape index (κ1) is 15.8. The second kappa shape index (κ2) is 6.80. The molecule has 0 saturated carbocycles. The molecule has 0 radical (unpaired) electrons. The molecule has 7 nitrogen and oxygen atoms in total. The molecule has 0 unspecified atom stereocenters. The first-order chi connectivity index (χ1) is 9.38. The molecule has 106 valence electrons. The van der Waals surface area contributed by atoms with Crippen molar-refractivity contribution in [1.82, 2.24) is 4.90 Å². The van der Waals surface area contributed by atoms with E-state index in [0.29, 0.717) is 0 Å². The number of carboxylic acid groups (broad SMARTS) is 1. The van der Waals surface area contributed by atoms with Crippen LogP contribution in [-0.4, -0.2) is 39.9 Å². The van der Waals surface area contributed by atoms with E-state index in [1.807, 2.05) is 0 Å². The summed E-state index contributed by atoms with van der Waals surface area (Å²) in [7, 11) is 0. The highest BCUT2D eigenvalue weighted by molar-refractivity contribution is 9.10. The molecule has 0 aliphatic heterocycles. The standard InChI is InChI=1S/C12H11BrN2O5/c1-2-6-14(7-10(16)17)12(18)8-4-3-5-9(11(8)13)15(19)20/h2-5H,1,6-7H2,(H,16,17). The molecule has 1 amide bonds. The minimum absolute atomic E-state index is 0.0226. The number of hydrogen-bond donors (Lipinski definition) is 1. The van der Waals surface area contributed by atoms with Crippen molar-refractivity contribution >= 4 is 33.5 Å². The third kappa shape index (κ3) is 3.64. The molecular weight excluding hydrogens is 332 g/mol. The Kier molecular flexibility index (Phi) is 5.39. The van der Waals surface area contributed by atoms with Crippen LogP contribution in [0.15, 0.2) is 35.3 Å². The molecule has 0 heterocycles. The van der Waals surface area contributed by atoms with E-state index in [4.69, 9.17) is 5.11 Å². The highest BCUT2D eigenvalue weighted by atomic mass is 79.9. The van der Waals surface area contributed by atoms with Crippen LogP contribution in [0.25, 0.3) is 0 Å². The van der Waals surface area contributed by atoms with Crippen molar-refractivity contribution in [1.29, 1.82) is 0 Å². The summed E-state index contributed by atoms with van der Waals surface area (Å²) in [5.74, 6) is -1.80. The number of benzene rings is 1. The van der Waals surface area contributed by atoms with E-state index in [1.54, 1.807) is 0 Å². The second-order valence-corrected chi connectivity index (χ2v) is 4.56. The van der Waals surface area contributed by atoms with Gasteiger partial charge in [0.15, 0.2) is 0 Å². The van der Waals surface area contributed by atoms with Crippen LogP contribution in [0.1, 0.15) is 10.4 Å². The van der Waals surface area contributed by atoms with Gasteiger partial charge in [-0.3, -0.25) is 19.7 Å². The van der Waals surface area contributed by atoms with Crippen LogP contribution in [-0.2, 0) is 4.79 Å². The summed E-state index contributed by atoms with van der Waals surface area (Å²) in [5, 5.41) is 19.6. The molecule has 0 saturated heterocycles. The lowest BCUT2D eigenvalue weighted by Gasteiger charge is -2.19. The Morgan fingerprint density at radius 1 is 1.50 bits per heavy atom. The first-order valence-electron chi connectivity index (χ1n) is 5.43. The van der Waals surface area contributed by atoms with Gasteiger partial charge in [0, 0.05) is 12.6 Å². The monoisotopic (exact) mass is 342 g/mol. The predicted molar refractivity (Wildman–Crippen MR) is 74.5 cm³/mol. The fourth-order valence-corrected chi connectivity index (χ4v) is 2.11. The van der Waals surface area contributed by atoms with Crippen molar-refractivity contribution in [3.8, 4) is 0 Å². The Balaban J connectivity index is 3.18. The third-order valence-corrected chi connectivity index (χ3v) is 3.20. The maximum absolute atomic E-state index is 12.2. The molecule has 0 aromatic heterocycles. The number of amides is 1. The van der Waals surface area contributed by atoms with Gasteiger partial charge in [-0.25, -0.2) is 0 Å². The van der Waals surface area contributed by atoms with Crippen molar-refractivity contribution in [3.05, 3.63) is 51.0 Å². The van der Waals surface area contributed by atoms with Gasteiger partial charge in [-0.15, -0.1) is 6.58 Å². The van der Waals surface area contributed by atoms with E-state index in [-0.39, 0.29) is 22.3 Å². The summed E-state index contributed by atoms with van der Waals surface area (Å²) < 4.78 is 0.0226. The maximum atomic E-state index is 12.2. The van der Waals surface area contributed by atoms with Crippen molar-refractivity contribution in [2.75, 3.05) is 13.1 Å². The fourth-order valence-electron chi connectivity index (χ4n) is 1.53. The number of rotatable bonds is 6. The Hall–Kier alpha value is -2.22. The van der Waals surface area contributed by atoms with Gasteiger partial charge >= 0.3 is 5.97 Å². The van der Waals surface area contributed by atoms with Crippen LogP contribution < -0.4 is 0 Å². The lowest BCUT2D eigenvalue weighted by molar-refractivity contribution is -0.385. The van der Waals surface area contributed by atoms with Gasteiger partial charge in [0.2, 0.25) is 0 Å². The molecule has 0 atom stereocenters. The summed E-state index contributed by atoms with van der Waals surface area (Å²) in [6.45, 7) is 2.96. The van der Waals surface area contributed by atoms with E-state index in [0.717, 1.165) is 4.90 Å². The quantitative estimate of drug-likeness (QED) is 0.484. The normalized spacial score (nSPS) is 9.85. The van der Waals surface area contributed by atoms with Crippen LogP contribution in [0, 0.1) is 10.1 Å². The lowest BCUT2D eigenvalue weighted by Crippen LogP contribution is -2.36. The minimum Gasteiger partial charge on any atom is -0.480 e. The Morgan fingerprint density at radius 2 is 2.15 bits per heavy atom. The molecule has 1 aromatic carbocycles. The van der Waals surface area contributed by atoms with Crippen LogP contribution in [0.4, 0.5) is 5.69 Å². The molecule has 1 aromatic rings. The van der Waals surface area contributed by atoms with E-state index in [1.165, 1.54) is 24.3 Å². The fraction of sp³-hybridized carbons (Fsp3) is 0.167. The van der Waals surface area contributed by atoms with E-state index in [2.05, 4.69) is 22.5 Å². The summed E-state index contributed by atoms with van der Waals surface area (Å²) in [6.07, 6.45) is 1.38. The number of carbonyl (C=O) groups excluding carboxylic acids is 1. The SMILES string of the molecule is C=CCN(CC(=O)O)C(=O)c1cccc([N+](=O)[O-])c1Br. The number of halogens is 1. The van der Waals surface area contributed by atoms with Crippen LogP contribution >= 0.6 is 15.9 Å². The van der Waals surface area contributed by atoms with Crippen molar-refractivity contribution < 1.29 is 19.6 Å². The molecule has 0 aliphatic carbocycles. The number of carbonyl (C=O) groups is 2. The zero-order valence-corrected chi connectivity index (χ0v) is 11.9. The van der Waals surface area contributed by atoms with Crippen LogP contribution in [0.5, 0.6) is 0 Å². The Morgan fingerprint density at radius 3 is 2.65 bits per heavy atom. The Bertz CT molecular complexity index is 573. The van der Waals surface area contributed by atoms with Crippen molar-refractivity contribution in [2.45, 2.75) is 0 Å². The smallest absolute Gasteiger partial charge is 0.323 e. The highest BCUT2D eigenvalue weighted by Gasteiger charge is 2.24. The predicted octanol–water partition coefficient (Wildman–Crippen LogP) is 2.07. The van der Waals surface area contributed by atoms with E-state index < -0.39 is 23.3 Å². The number of carboxylic acids is 1. The van der Waals surface area contributed by atoms with Gasteiger partial charge in [-0.2, -0.15) is 0 Å². The zero-order chi connectivity index (χ0) is 15.3. The molecule has 0 fully saturated rings. The van der Waals surface area contributed by atoms with Gasteiger partial charge in [0.1, 0.15) is 11.0 Å². The average Bonchev–Trinajstić information content (AvgIpc) is 2.37. The Labute approximate surface area is 122 Å². The number of nitro benzene ring substituents is 1. The maximum Gasteiger partial charge on any atom is 0.323 e. The van der Waals surface area contributed by atoms with Crippen LogP contribution in [0.2, 0.25) is 0 Å². The number of aliphatic carboxylic acids is 1. The second-order valence-electron chi connectivity index (χ2n) is 3.76. The molecule has 20 heavy (non-hydrogen) atoms. The summed E-state index contributed by atoms with van der Waals surface area (Å²) in [6, 6.07) is 4.00. The van der Waals surface area contributed by atoms with Gasteiger partial charge in [0.05, 0.1) is 10.5 Å². The summed E-state index contributed by atoms with van der Waals surface area (Å²) in [4.78, 5) is 34.2. The third-order valence-electron chi connectivity index (χ3n) is 2.37. The summed E-state index contributed by atoms with van der Waals surface area (Å²) >= 11 is 3.01. The van der Waals surface area contributed by atoms with Crippen LogP contribution in [0.3, 0.4) is 0 Å². The largest absolute Gasteiger partial charge is 0.480 e. The van der Waals surface area contributed by atoms with E-state index in [9.17, 15) is 19.7 Å². The molecule has 1 N–H and O–H groups in total. The van der Waals surface area contributed by atoms with E-state index >= 15 is 0 Å². The zero-order valence-electron chi connectivity index (χ0n) is 10.3. The molecule has 0 bridgehead atoms. The minimum atomic E-state index is -1.18. The highest BCUT2D eigenvalue weighted by Crippen LogP contribution is 2.29. The van der Waals surface area contributed by atoms with Gasteiger partial charge in [-0.1, -0.05) is 12.1 Å². The molecule has 0 spiro atoms. The number of nitrogens with zero attached hydrogens (tertiary/aromatic N) is 2. The van der Waals surface area contributed by atoms with Gasteiger partial charge in [0.25, 0.3) is 11.6 Å². The van der Waals surface area contributed by atoms with Gasteiger partial charge < -0.3 is 10.0 Å². The van der Waals surface area contributed by atoms with Crippen molar-refractivity contribution in [2.24, 2.45) is 0 Å². The number of nitro groups is 1. The van der Waals surface area contributed by atoms with Gasteiger partial charge in [-0.05, 0) is 22.0 Å². The lowest BCUT2D eigenvalue weighted by atomic mass is 10.1. The summed E-state index contributed by atoms with van der Waals surface area (Å²) in [5.41, 5.74) is -0.230. The molecule has 1 rings (SSSR count).